The van der Waals surface area contributed by atoms with Crippen LogP contribution in [0.15, 0.2) is 0 Å². The molecule has 0 aliphatic carbocycles. The van der Waals surface area contributed by atoms with E-state index in [0.29, 0.717) is 12.5 Å². The van der Waals surface area contributed by atoms with Gasteiger partial charge in [-0.2, -0.15) is 0 Å². The van der Waals surface area contributed by atoms with Crippen molar-refractivity contribution >= 4 is 11.8 Å². The van der Waals surface area contributed by atoms with Gasteiger partial charge in [-0.25, -0.2) is 0 Å². The number of nitrogens with one attached hydrogen (secondary N) is 2. The van der Waals surface area contributed by atoms with E-state index >= 15 is 0 Å². The van der Waals surface area contributed by atoms with Crippen LogP contribution in [0.2, 0.25) is 0 Å². The molecule has 1 unspecified atom stereocenters. The smallest absolute Gasteiger partial charge is 0.244 e. The van der Waals surface area contributed by atoms with Gasteiger partial charge < -0.3 is 5.32 Å². The van der Waals surface area contributed by atoms with E-state index in [9.17, 15) is 9.59 Å². The van der Waals surface area contributed by atoms with E-state index in [2.05, 4.69) is 22.5 Å². The average Bonchev–Trinajstić information content (AvgIpc) is 2.46. The van der Waals surface area contributed by atoms with Gasteiger partial charge in [0.25, 0.3) is 0 Å². The van der Waals surface area contributed by atoms with Crippen LogP contribution in [-0.2, 0) is 9.59 Å². The fraction of sp³-hybridized carbons (Fsp3) is 0.778. The zero-order valence-electron chi connectivity index (χ0n) is 8.25. The molecular weight excluding hydrogens is 182 g/mol. The Morgan fingerprint density at radius 2 is 2.21 bits per heavy atom. The van der Waals surface area contributed by atoms with E-state index in [0.717, 1.165) is 19.6 Å². The highest BCUT2D eigenvalue weighted by Gasteiger charge is 2.37. The molecule has 2 rings (SSSR count). The molecule has 2 aliphatic heterocycles. The lowest BCUT2D eigenvalue weighted by Gasteiger charge is -2.36. The summed E-state index contributed by atoms with van der Waals surface area (Å²) in [5, 5.41) is 5.60. The lowest BCUT2D eigenvalue weighted by atomic mass is 10.1. The topological polar surface area (TPSA) is 61.4 Å². The third-order valence-corrected chi connectivity index (χ3v) is 2.90. The van der Waals surface area contributed by atoms with Crippen molar-refractivity contribution in [2.75, 3.05) is 19.6 Å². The van der Waals surface area contributed by atoms with Gasteiger partial charge in [-0.3, -0.25) is 19.8 Å². The second-order valence-electron chi connectivity index (χ2n) is 3.92. The van der Waals surface area contributed by atoms with E-state index in [4.69, 9.17) is 0 Å². The Hall–Kier alpha value is -0.940. The minimum absolute atomic E-state index is 0.135. The lowest BCUT2D eigenvalue weighted by molar-refractivity contribution is -0.126. The van der Waals surface area contributed by atoms with Crippen molar-refractivity contribution in [2.24, 2.45) is 0 Å². The molecule has 2 aliphatic rings. The normalized spacial score (nSPS) is 34.6. The van der Waals surface area contributed by atoms with Crippen LogP contribution < -0.4 is 10.6 Å². The average molecular weight is 197 g/mol. The van der Waals surface area contributed by atoms with Gasteiger partial charge in [0.05, 0.1) is 12.5 Å². The molecule has 5 heteroatoms. The van der Waals surface area contributed by atoms with Crippen LogP contribution in [0.3, 0.4) is 0 Å². The van der Waals surface area contributed by atoms with Crippen LogP contribution in [0.1, 0.15) is 13.3 Å². The van der Waals surface area contributed by atoms with Gasteiger partial charge in [0, 0.05) is 25.7 Å². The number of rotatable bonds is 1. The second kappa shape index (κ2) is 3.67. The van der Waals surface area contributed by atoms with Crippen LogP contribution in [0.5, 0.6) is 0 Å². The molecule has 5 nitrogen and oxygen atoms in total. The molecule has 0 aromatic rings. The Morgan fingerprint density at radius 1 is 1.43 bits per heavy atom. The van der Waals surface area contributed by atoms with E-state index in [-0.39, 0.29) is 17.9 Å². The maximum atomic E-state index is 11.4. The number of carbonyl (C=O) groups excluding carboxylic acids is 2. The molecular formula is C9H15N3O2. The van der Waals surface area contributed by atoms with Crippen molar-refractivity contribution in [3.8, 4) is 0 Å². The highest BCUT2D eigenvalue weighted by Crippen LogP contribution is 2.15. The van der Waals surface area contributed by atoms with Crippen molar-refractivity contribution in [3.63, 3.8) is 0 Å². The predicted molar refractivity (Wildman–Crippen MR) is 50.6 cm³/mol. The van der Waals surface area contributed by atoms with Crippen molar-refractivity contribution < 1.29 is 9.59 Å². The first-order chi connectivity index (χ1) is 6.68. The van der Waals surface area contributed by atoms with Gasteiger partial charge in [-0.05, 0) is 6.92 Å². The van der Waals surface area contributed by atoms with Gasteiger partial charge in [-0.15, -0.1) is 0 Å². The highest BCUT2D eigenvalue weighted by molar-refractivity contribution is 6.05. The zero-order valence-corrected chi connectivity index (χ0v) is 8.25. The maximum Gasteiger partial charge on any atom is 0.244 e. The first-order valence-corrected chi connectivity index (χ1v) is 4.98. The second-order valence-corrected chi connectivity index (χ2v) is 3.92. The fourth-order valence-electron chi connectivity index (χ4n) is 2.13. The molecule has 2 saturated heterocycles. The van der Waals surface area contributed by atoms with Gasteiger partial charge in [0.1, 0.15) is 0 Å². The molecule has 0 aromatic carbocycles. The van der Waals surface area contributed by atoms with Crippen LogP contribution in [0.4, 0.5) is 0 Å². The molecule has 2 heterocycles. The number of hydrogen-bond donors (Lipinski definition) is 2. The SMILES string of the molecule is C[C@@H]1CNCCN1C1CC(=O)NC1=O. The third kappa shape index (κ3) is 1.65. The molecule has 0 aromatic heterocycles. The number of carbonyl (C=O) groups is 2. The largest absolute Gasteiger partial charge is 0.314 e. The lowest BCUT2D eigenvalue weighted by Crippen LogP contribution is -2.55. The highest BCUT2D eigenvalue weighted by atomic mass is 16.2. The molecule has 14 heavy (non-hydrogen) atoms. The third-order valence-electron chi connectivity index (χ3n) is 2.90. The molecule has 2 amide bonds. The van der Waals surface area contributed by atoms with Crippen LogP contribution in [0, 0.1) is 0 Å². The first kappa shape index (κ1) is 9.61. The number of amides is 2. The Bertz CT molecular complexity index is 267. The summed E-state index contributed by atoms with van der Waals surface area (Å²) in [4.78, 5) is 24.6. The quantitative estimate of drug-likeness (QED) is 0.513. The van der Waals surface area contributed by atoms with Crippen molar-refractivity contribution in [1.29, 1.82) is 0 Å². The van der Waals surface area contributed by atoms with Gasteiger partial charge in [0.15, 0.2) is 0 Å². The van der Waals surface area contributed by atoms with Crippen molar-refractivity contribution in [2.45, 2.75) is 25.4 Å². The first-order valence-electron chi connectivity index (χ1n) is 4.98. The van der Waals surface area contributed by atoms with E-state index in [1.54, 1.807) is 0 Å². The summed E-state index contributed by atoms with van der Waals surface area (Å²) in [6, 6.07) is 0.0880. The van der Waals surface area contributed by atoms with Crippen molar-refractivity contribution in [1.82, 2.24) is 15.5 Å². The summed E-state index contributed by atoms with van der Waals surface area (Å²) in [7, 11) is 0. The molecule has 78 valence electrons. The van der Waals surface area contributed by atoms with Crippen molar-refractivity contribution in [3.05, 3.63) is 0 Å². The number of imide groups is 1. The molecule has 2 fully saturated rings. The Morgan fingerprint density at radius 3 is 2.79 bits per heavy atom. The summed E-state index contributed by atoms with van der Waals surface area (Å²) < 4.78 is 0. The zero-order chi connectivity index (χ0) is 10.1. The van der Waals surface area contributed by atoms with Crippen LogP contribution in [-0.4, -0.2) is 48.4 Å². The maximum absolute atomic E-state index is 11.4. The molecule has 0 bridgehead atoms. The van der Waals surface area contributed by atoms with Crippen LogP contribution >= 0.6 is 0 Å². The number of hydrogen-bond acceptors (Lipinski definition) is 4. The van der Waals surface area contributed by atoms with Gasteiger partial charge in [-0.1, -0.05) is 0 Å². The standard InChI is InChI=1S/C9H15N3O2/c1-6-5-10-2-3-12(6)7-4-8(13)11-9(7)14/h6-7,10H,2-5H2,1H3,(H,11,13,14)/t6-,7?/m1/s1. The summed E-state index contributed by atoms with van der Waals surface area (Å²) in [6.07, 6.45) is 0.323. The minimum atomic E-state index is -0.236. The summed E-state index contributed by atoms with van der Waals surface area (Å²) in [6.45, 7) is 4.69. The van der Waals surface area contributed by atoms with E-state index in [1.165, 1.54) is 0 Å². The van der Waals surface area contributed by atoms with E-state index in [1.807, 2.05) is 0 Å². The molecule has 0 saturated carbocycles. The summed E-state index contributed by atoms with van der Waals surface area (Å²) in [5.74, 6) is -0.283. The minimum Gasteiger partial charge on any atom is -0.314 e. The number of piperazine rings is 1. The Balaban J connectivity index is 2.06. The monoisotopic (exact) mass is 197 g/mol. The molecule has 2 atom stereocenters. The molecule has 0 spiro atoms. The summed E-state index contributed by atoms with van der Waals surface area (Å²) in [5.41, 5.74) is 0. The molecule has 0 radical (unpaired) electrons. The Labute approximate surface area is 82.8 Å². The van der Waals surface area contributed by atoms with Crippen LogP contribution in [0.25, 0.3) is 0 Å². The predicted octanol–water partition coefficient (Wildman–Crippen LogP) is -1.30. The van der Waals surface area contributed by atoms with Gasteiger partial charge >= 0.3 is 0 Å². The van der Waals surface area contributed by atoms with Gasteiger partial charge in [0.2, 0.25) is 11.8 Å². The number of nitrogens with zero attached hydrogens (tertiary/aromatic N) is 1. The Kier molecular flexibility index (Phi) is 2.52. The molecule has 2 N–H and O–H groups in total. The summed E-state index contributed by atoms with van der Waals surface area (Å²) >= 11 is 0. The fourth-order valence-corrected chi connectivity index (χ4v) is 2.13. The van der Waals surface area contributed by atoms with E-state index < -0.39 is 0 Å².